The number of hydrogen-bond acceptors (Lipinski definition) is 4. The lowest BCUT2D eigenvalue weighted by Gasteiger charge is -2.16. The van der Waals surface area contributed by atoms with Crippen molar-refractivity contribution in [3.63, 3.8) is 0 Å². The maximum absolute atomic E-state index is 12.2. The normalized spacial score (nSPS) is 11.9. The van der Waals surface area contributed by atoms with Crippen LogP contribution in [-0.2, 0) is 20.7 Å². The number of carbonyl (C=O) groups excluding carboxylic acids is 2. The van der Waals surface area contributed by atoms with Gasteiger partial charge in [-0.25, -0.2) is 9.78 Å². The Labute approximate surface area is 157 Å². The molecule has 0 radical (unpaired) electrons. The molecule has 0 saturated carbocycles. The van der Waals surface area contributed by atoms with Gasteiger partial charge in [-0.3, -0.25) is 4.79 Å². The summed E-state index contributed by atoms with van der Waals surface area (Å²) in [6, 6.07) is -0.665. The molecule has 1 unspecified atom stereocenters. The maximum atomic E-state index is 12.2. The van der Waals surface area contributed by atoms with Crippen LogP contribution in [-0.4, -0.2) is 34.5 Å². The van der Waals surface area contributed by atoms with Gasteiger partial charge in [0, 0.05) is 24.7 Å². The number of H-pyrrole nitrogens is 1. The Hall–Kier alpha value is -1.85. The Morgan fingerprint density at radius 1 is 1.08 bits per heavy atom. The highest BCUT2D eigenvalue weighted by atomic mass is 16.5. The zero-order valence-corrected chi connectivity index (χ0v) is 16.4. The van der Waals surface area contributed by atoms with Crippen LogP contribution in [0.2, 0.25) is 0 Å². The van der Waals surface area contributed by atoms with Crippen LogP contribution in [0.5, 0.6) is 0 Å². The molecular formula is C20H35N3O3. The van der Waals surface area contributed by atoms with E-state index in [1.54, 1.807) is 19.4 Å². The number of esters is 1. The van der Waals surface area contributed by atoms with Gasteiger partial charge in [-0.1, -0.05) is 58.3 Å². The molecule has 6 heteroatoms. The Kier molecular flexibility index (Phi) is 12.2. The number of hydrogen-bond donors (Lipinski definition) is 2. The lowest BCUT2D eigenvalue weighted by atomic mass is 10.1. The van der Waals surface area contributed by atoms with E-state index in [0.29, 0.717) is 19.4 Å². The number of aromatic amines is 1. The average molecular weight is 366 g/mol. The minimum Gasteiger partial charge on any atom is -0.464 e. The molecule has 1 atom stereocenters. The molecule has 6 nitrogen and oxygen atoms in total. The fourth-order valence-electron chi connectivity index (χ4n) is 2.92. The summed E-state index contributed by atoms with van der Waals surface area (Å²) in [5, 5.41) is 2.80. The topological polar surface area (TPSA) is 84.1 Å². The van der Waals surface area contributed by atoms with Gasteiger partial charge in [0.05, 0.1) is 12.9 Å². The van der Waals surface area contributed by atoms with Crippen molar-refractivity contribution in [2.24, 2.45) is 0 Å². The van der Waals surface area contributed by atoms with Crippen molar-refractivity contribution >= 4 is 11.9 Å². The molecule has 1 aromatic rings. The van der Waals surface area contributed by atoms with Gasteiger partial charge in [0.15, 0.2) is 0 Å². The molecule has 0 saturated heterocycles. The van der Waals surface area contributed by atoms with E-state index in [1.165, 1.54) is 44.9 Å². The number of nitrogens with zero attached hydrogens (tertiary/aromatic N) is 1. The molecule has 0 aliphatic carbocycles. The highest BCUT2D eigenvalue weighted by Gasteiger charge is 2.22. The first-order chi connectivity index (χ1) is 12.7. The Bertz CT molecular complexity index is 489. The third-order valence-electron chi connectivity index (χ3n) is 4.39. The predicted molar refractivity (Wildman–Crippen MR) is 103 cm³/mol. The van der Waals surface area contributed by atoms with Crippen LogP contribution < -0.4 is 5.32 Å². The van der Waals surface area contributed by atoms with E-state index < -0.39 is 12.0 Å². The molecule has 148 valence electrons. The van der Waals surface area contributed by atoms with Gasteiger partial charge in [0.1, 0.15) is 6.04 Å². The molecule has 0 aromatic carbocycles. The van der Waals surface area contributed by atoms with Crippen LogP contribution >= 0.6 is 0 Å². The summed E-state index contributed by atoms with van der Waals surface area (Å²) in [5.41, 5.74) is 0.798. The highest BCUT2D eigenvalue weighted by Crippen LogP contribution is 2.10. The van der Waals surface area contributed by atoms with Gasteiger partial charge in [-0.05, 0) is 13.3 Å². The largest absolute Gasteiger partial charge is 0.464 e. The van der Waals surface area contributed by atoms with Crippen molar-refractivity contribution in [3.8, 4) is 0 Å². The molecule has 26 heavy (non-hydrogen) atoms. The SMILES string of the molecule is CCCCCCCCCCCC(=O)NC(Cc1cnc[nH]1)C(=O)OCC. The molecular weight excluding hydrogens is 330 g/mol. The smallest absolute Gasteiger partial charge is 0.329 e. The standard InChI is InChI=1S/C20H35N3O3/c1-3-5-6-7-8-9-10-11-12-13-19(24)23-18(20(25)26-4-2)14-17-15-21-16-22-17/h15-16,18H,3-14H2,1-2H3,(H,21,22)(H,23,24). The third-order valence-corrected chi connectivity index (χ3v) is 4.39. The summed E-state index contributed by atoms with van der Waals surface area (Å²) in [6.45, 7) is 4.29. The maximum Gasteiger partial charge on any atom is 0.329 e. The minimum atomic E-state index is -0.665. The number of carbonyl (C=O) groups is 2. The number of nitrogens with one attached hydrogen (secondary N) is 2. The first kappa shape index (κ1) is 22.2. The highest BCUT2D eigenvalue weighted by molar-refractivity contribution is 5.84. The van der Waals surface area contributed by atoms with Crippen LogP contribution in [0.4, 0.5) is 0 Å². The van der Waals surface area contributed by atoms with E-state index in [0.717, 1.165) is 18.5 Å². The lowest BCUT2D eigenvalue weighted by molar-refractivity contribution is -0.147. The van der Waals surface area contributed by atoms with Crippen LogP contribution in [0.1, 0.15) is 83.7 Å². The monoisotopic (exact) mass is 365 g/mol. The van der Waals surface area contributed by atoms with Crippen LogP contribution in [0.15, 0.2) is 12.5 Å². The van der Waals surface area contributed by atoms with Crippen LogP contribution in [0.3, 0.4) is 0 Å². The zero-order chi connectivity index (χ0) is 19.0. The zero-order valence-electron chi connectivity index (χ0n) is 16.4. The number of aromatic nitrogens is 2. The Morgan fingerprint density at radius 2 is 1.73 bits per heavy atom. The van der Waals surface area contributed by atoms with Crippen molar-refractivity contribution in [1.82, 2.24) is 15.3 Å². The van der Waals surface area contributed by atoms with Crippen molar-refractivity contribution < 1.29 is 14.3 Å². The van der Waals surface area contributed by atoms with E-state index in [2.05, 4.69) is 22.2 Å². The van der Waals surface area contributed by atoms with Crippen molar-refractivity contribution in [3.05, 3.63) is 18.2 Å². The summed E-state index contributed by atoms with van der Waals surface area (Å²) >= 11 is 0. The minimum absolute atomic E-state index is 0.0921. The van der Waals surface area contributed by atoms with E-state index in [1.807, 2.05) is 0 Å². The second kappa shape index (κ2) is 14.3. The quantitative estimate of drug-likeness (QED) is 0.364. The van der Waals surface area contributed by atoms with E-state index in [9.17, 15) is 9.59 Å². The molecule has 1 rings (SSSR count). The summed E-state index contributed by atoms with van der Waals surface area (Å²) in [7, 11) is 0. The van der Waals surface area contributed by atoms with Gasteiger partial charge in [0.2, 0.25) is 5.91 Å². The van der Waals surface area contributed by atoms with Crippen molar-refractivity contribution in [2.45, 2.75) is 90.5 Å². The molecule has 0 aliphatic heterocycles. The summed E-state index contributed by atoms with van der Waals surface area (Å²) in [6.07, 6.45) is 14.9. The van der Waals surface area contributed by atoms with Gasteiger partial charge < -0.3 is 15.0 Å². The number of rotatable bonds is 15. The number of ether oxygens (including phenoxy) is 1. The fraction of sp³-hybridized carbons (Fsp3) is 0.750. The Morgan fingerprint density at radius 3 is 2.31 bits per heavy atom. The molecule has 0 spiro atoms. The van der Waals surface area contributed by atoms with Crippen LogP contribution in [0.25, 0.3) is 0 Å². The van der Waals surface area contributed by atoms with E-state index in [-0.39, 0.29) is 5.91 Å². The fourth-order valence-corrected chi connectivity index (χ4v) is 2.92. The third kappa shape index (κ3) is 10.2. The average Bonchev–Trinajstić information content (AvgIpc) is 3.13. The molecule has 0 fully saturated rings. The first-order valence-electron chi connectivity index (χ1n) is 10.1. The van der Waals surface area contributed by atoms with Gasteiger partial charge in [-0.15, -0.1) is 0 Å². The molecule has 1 aromatic heterocycles. The van der Waals surface area contributed by atoms with Gasteiger partial charge >= 0.3 is 5.97 Å². The van der Waals surface area contributed by atoms with Gasteiger partial charge in [-0.2, -0.15) is 0 Å². The first-order valence-corrected chi connectivity index (χ1v) is 10.1. The second-order valence-electron chi connectivity index (χ2n) is 6.73. The molecule has 0 bridgehead atoms. The summed E-state index contributed by atoms with van der Waals surface area (Å²) in [5.74, 6) is -0.493. The second-order valence-corrected chi connectivity index (χ2v) is 6.73. The van der Waals surface area contributed by atoms with Crippen molar-refractivity contribution in [2.75, 3.05) is 6.61 Å². The number of unbranched alkanes of at least 4 members (excludes halogenated alkanes) is 8. The Balaban J connectivity index is 2.21. The molecule has 1 heterocycles. The molecule has 0 aliphatic rings. The summed E-state index contributed by atoms with van der Waals surface area (Å²) < 4.78 is 5.06. The van der Waals surface area contributed by atoms with Crippen LogP contribution in [0, 0.1) is 0 Å². The van der Waals surface area contributed by atoms with E-state index >= 15 is 0 Å². The lowest BCUT2D eigenvalue weighted by Crippen LogP contribution is -2.43. The number of imidazole rings is 1. The number of amides is 1. The molecule has 2 N–H and O–H groups in total. The van der Waals surface area contributed by atoms with Crippen molar-refractivity contribution in [1.29, 1.82) is 0 Å². The predicted octanol–water partition coefficient (Wildman–Crippen LogP) is 3.92. The molecule has 1 amide bonds. The summed E-state index contributed by atoms with van der Waals surface area (Å²) in [4.78, 5) is 31.1. The van der Waals surface area contributed by atoms with E-state index in [4.69, 9.17) is 4.74 Å². The van der Waals surface area contributed by atoms with Gasteiger partial charge in [0.25, 0.3) is 0 Å².